The molecule has 0 aliphatic carbocycles. The minimum absolute atomic E-state index is 0.00310. The molecule has 2 rings (SSSR count). The first-order valence-electron chi connectivity index (χ1n) is 4.12. The number of rotatable bonds is 1. The third-order valence-electron chi connectivity index (χ3n) is 2.05. The first-order chi connectivity index (χ1) is 6.68. The van der Waals surface area contributed by atoms with Crippen LogP contribution in [0.2, 0.25) is 0 Å². The van der Waals surface area contributed by atoms with E-state index >= 15 is 0 Å². The molecule has 0 atom stereocenters. The van der Waals surface area contributed by atoms with Crippen LogP contribution in [0.3, 0.4) is 0 Å². The van der Waals surface area contributed by atoms with Gasteiger partial charge in [0.15, 0.2) is 0 Å². The summed E-state index contributed by atoms with van der Waals surface area (Å²) < 4.78 is 1.57. The first kappa shape index (κ1) is 9.02. The lowest BCUT2D eigenvalue weighted by Gasteiger charge is -2.01. The Morgan fingerprint density at radius 1 is 1.43 bits per heavy atom. The number of thiazole rings is 1. The van der Waals surface area contributed by atoms with Crippen LogP contribution in [0.1, 0.15) is 0 Å². The van der Waals surface area contributed by atoms with Crippen molar-refractivity contribution >= 4 is 11.3 Å². The second kappa shape index (κ2) is 3.31. The maximum Gasteiger partial charge on any atom is 0.307 e. The lowest BCUT2D eigenvalue weighted by molar-refractivity contribution is 0.475. The molecular formula is C10H9NO2S. The predicted molar refractivity (Wildman–Crippen MR) is 56.7 cm³/mol. The van der Waals surface area contributed by atoms with Crippen molar-refractivity contribution in [2.75, 3.05) is 0 Å². The number of phenols is 1. The molecule has 0 unspecified atom stereocenters. The maximum absolute atomic E-state index is 11.2. The van der Waals surface area contributed by atoms with Crippen LogP contribution in [0.25, 0.3) is 11.3 Å². The summed E-state index contributed by atoms with van der Waals surface area (Å²) in [5.74, 6) is 0.209. The molecule has 1 heterocycles. The van der Waals surface area contributed by atoms with Gasteiger partial charge in [-0.3, -0.25) is 4.79 Å². The van der Waals surface area contributed by atoms with Gasteiger partial charge in [0.2, 0.25) is 0 Å². The van der Waals surface area contributed by atoms with E-state index in [4.69, 9.17) is 0 Å². The van der Waals surface area contributed by atoms with Crippen molar-refractivity contribution in [3.63, 3.8) is 0 Å². The van der Waals surface area contributed by atoms with E-state index in [1.54, 1.807) is 35.2 Å². The molecule has 0 spiro atoms. The molecule has 0 amide bonds. The molecular weight excluding hydrogens is 198 g/mol. The average Bonchev–Trinajstić information content (AvgIpc) is 2.48. The highest BCUT2D eigenvalue weighted by Gasteiger charge is 2.05. The molecule has 14 heavy (non-hydrogen) atoms. The summed E-state index contributed by atoms with van der Waals surface area (Å²) in [6.07, 6.45) is 0. The van der Waals surface area contributed by atoms with Crippen LogP contribution in [0.15, 0.2) is 34.4 Å². The summed E-state index contributed by atoms with van der Waals surface area (Å²) in [7, 11) is 1.72. The van der Waals surface area contributed by atoms with Crippen LogP contribution in [-0.4, -0.2) is 9.67 Å². The van der Waals surface area contributed by atoms with Crippen molar-refractivity contribution in [3.05, 3.63) is 39.3 Å². The zero-order chi connectivity index (χ0) is 10.1. The zero-order valence-electron chi connectivity index (χ0n) is 7.60. The van der Waals surface area contributed by atoms with E-state index in [1.807, 2.05) is 6.07 Å². The molecule has 2 aromatic rings. The largest absolute Gasteiger partial charge is 0.508 e. The highest BCUT2D eigenvalue weighted by molar-refractivity contribution is 7.07. The van der Waals surface area contributed by atoms with Crippen molar-refractivity contribution in [3.8, 4) is 17.0 Å². The number of hydrogen-bond acceptors (Lipinski definition) is 3. The average molecular weight is 207 g/mol. The van der Waals surface area contributed by atoms with Crippen LogP contribution < -0.4 is 4.87 Å². The van der Waals surface area contributed by atoms with Crippen molar-refractivity contribution in [1.82, 2.24) is 4.57 Å². The molecule has 0 bridgehead atoms. The van der Waals surface area contributed by atoms with Gasteiger partial charge in [0.1, 0.15) is 5.75 Å². The molecule has 0 saturated heterocycles. The molecule has 0 radical (unpaired) electrons. The van der Waals surface area contributed by atoms with Gasteiger partial charge in [-0.05, 0) is 12.1 Å². The molecule has 0 fully saturated rings. The Morgan fingerprint density at radius 2 is 2.21 bits per heavy atom. The fourth-order valence-corrected chi connectivity index (χ4v) is 2.05. The second-order valence-electron chi connectivity index (χ2n) is 3.00. The summed E-state index contributed by atoms with van der Waals surface area (Å²) in [5.41, 5.74) is 1.68. The van der Waals surface area contributed by atoms with Gasteiger partial charge in [-0.25, -0.2) is 0 Å². The maximum atomic E-state index is 11.2. The van der Waals surface area contributed by atoms with Crippen molar-refractivity contribution in [2.45, 2.75) is 0 Å². The van der Waals surface area contributed by atoms with Crippen molar-refractivity contribution < 1.29 is 5.11 Å². The van der Waals surface area contributed by atoms with Gasteiger partial charge >= 0.3 is 4.87 Å². The highest BCUT2D eigenvalue weighted by atomic mass is 32.1. The second-order valence-corrected chi connectivity index (χ2v) is 3.82. The monoisotopic (exact) mass is 207 g/mol. The van der Waals surface area contributed by atoms with Gasteiger partial charge < -0.3 is 9.67 Å². The summed E-state index contributed by atoms with van der Waals surface area (Å²) >= 11 is 1.16. The van der Waals surface area contributed by atoms with Gasteiger partial charge in [-0.2, -0.15) is 0 Å². The summed E-state index contributed by atoms with van der Waals surface area (Å²) in [6, 6.07) is 6.86. The molecule has 3 nitrogen and oxygen atoms in total. The number of benzene rings is 1. The molecule has 1 aromatic heterocycles. The van der Waals surface area contributed by atoms with E-state index in [1.165, 1.54) is 0 Å². The van der Waals surface area contributed by atoms with E-state index in [9.17, 15) is 9.90 Å². The SMILES string of the molecule is Cn1c(-c2cccc(O)c2)csc1=O. The van der Waals surface area contributed by atoms with Crippen LogP contribution in [0.4, 0.5) is 0 Å². The van der Waals surface area contributed by atoms with E-state index in [0.717, 1.165) is 22.6 Å². The number of aromatic hydroxyl groups is 1. The van der Waals surface area contributed by atoms with Crippen LogP contribution in [0, 0.1) is 0 Å². The van der Waals surface area contributed by atoms with E-state index in [2.05, 4.69) is 0 Å². The standard InChI is InChI=1S/C10H9NO2S/c1-11-9(6-14-10(11)13)7-3-2-4-8(12)5-7/h2-6,12H,1H3. The Morgan fingerprint density at radius 3 is 2.79 bits per heavy atom. The molecule has 0 saturated carbocycles. The number of aromatic nitrogens is 1. The predicted octanol–water partition coefficient (Wildman–Crippen LogP) is 1.82. The van der Waals surface area contributed by atoms with Gasteiger partial charge in [-0.1, -0.05) is 23.5 Å². The number of phenolic OH excluding ortho intramolecular Hbond substituents is 1. The zero-order valence-corrected chi connectivity index (χ0v) is 8.41. The van der Waals surface area contributed by atoms with Gasteiger partial charge in [-0.15, -0.1) is 0 Å². The molecule has 0 aliphatic heterocycles. The molecule has 0 aliphatic rings. The Balaban J connectivity index is 2.60. The normalized spacial score (nSPS) is 10.4. The lowest BCUT2D eigenvalue weighted by Crippen LogP contribution is -2.08. The number of hydrogen-bond donors (Lipinski definition) is 1. The minimum atomic E-state index is 0.00310. The topological polar surface area (TPSA) is 42.2 Å². The molecule has 1 aromatic carbocycles. The van der Waals surface area contributed by atoms with Crippen LogP contribution in [-0.2, 0) is 7.05 Å². The Kier molecular flexibility index (Phi) is 2.13. The quantitative estimate of drug-likeness (QED) is 0.775. The summed E-state index contributed by atoms with van der Waals surface area (Å²) in [4.78, 5) is 11.2. The summed E-state index contributed by atoms with van der Waals surface area (Å²) in [5, 5.41) is 11.1. The van der Waals surface area contributed by atoms with E-state index in [-0.39, 0.29) is 10.6 Å². The fourth-order valence-electron chi connectivity index (χ4n) is 1.29. The van der Waals surface area contributed by atoms with Crippen LogP contribution in [0.5, 0.6) is 5.75 Å². The van der Waals surface area contributed by atoms with E-state index < -0.39 is 0 Å². The Hall–Kier alpha value is -1.55. The van der Waals surface area contributed by atoms with Gasteiger partial charge in [0.05, 0.1) is 5.69 Å². The van der Waals surface area contributed by atoms with Crippen LogP contribution >= 0.6 is 11.3 Å². The van der Waals surface area contributed by atoms with Crippen molar-refractivity contribution in [1.29, 1.82) is 0 Å². The summed E-state index contributed by atoms with van der Waals surface area (Å²) in [6.45, 7) is 0. The third-order valence-corrected chi connectivity index (χ3v) is 2.87. The molecule has 72 valence electrons. The number of nitrogens with zero attached hydrogens (tertiary/aromatic N) is 1. The van der Waals surface area contributed by atoms with Crippen molar-refractivity contribution in [2.24, 2.45) is 7.05 Å². The van der Waals surface area contributed by atoms with E-state index in [0.29, 0.717) is 0 Å². The fraction of sp³-hybridized carbons (Fsp3) is 0.100. The van der Waals surface area contributed by atoms with Gasteiger partial charge in [0, 0.05) is 18.0 Å². The molecule has 4 heteroatoms. The first-order valence-corrected chi connectivity index (χ1v) is 5.00. The minimum Gasteiger partial charge on any atom is -0.508 e. The third kappa shape index (κ3) is 1.44. The smallest absolute Gasteiger partial charge is 0.307 e. The lowest BCUT2D eigenvalue weighted by atomic mass is 10.1. The Bertz CT molecular complexity index is 513. The Labute approximate surface area is 84.9 Å². The molecule has 1 N–H and O–H groups in total. The van der Waals surface area contributed by atoms with Gasteiger partial charge in [0.25, 0.3) is 0 Å². The highest BCUT2D eigenvalue weighted by Crippen LogP contribution is 2.22.